The number of hydrogen-bond donors (Lipinski definition) is 3. The average molecular weight is 178 g/mol. The van der Waals surface area contributed by atoms with Crippen LogP contribution in [0.5, 0.6) is 0 Å². The maximum absolute atomic E-state index is 10.3. The molecule has 0 fully saturated rings. The minimum atomic E-state index is -0.959. The zero-order valence-electron chi connectivity index (χ0n) is 6.03. The number of nitrogens with one attached hydrogen (secondary N) is 1. The van der Waals surface area contributed by atoms with E-state index >= 15 is 0 Å². The van der Waals surface area contributed by atoms with E-state index in [2.05, 4.69) is 4.18 Å². The van der Waals surface area contributed by atoms with Gasteiger partial charge in [-0.1, -0.05) is 6.92 Å². The predicted octanol–water partition coefficient (Wildman–Crippen LogP) is 0.408. The van der Waals surface area contributed by atoms with Gasteiger partial charge in [-0.15, -0.1) is 0 Å². The molecule has 0 aromatic heterocycles. The van der Waals surface area contributed by atoms with Crippen molar-refractivity contribution in [2.24, 2.45) is 5.73 Å². The molecule has 0 aliphatic heterocycles. The summed E-state index contributed by atoms with van der Waals surface area (Å²) >= 11 is 0.689. The summed E-state index contributed by atoms with van der Waals surface area (Å²) in [6.45, 7) is 1.72. The van der Waals surface area contributed by atoms with Crippen molar-refractivity contribution >= 4 is 24.0 Å². The van der Waals surface area contributed by atoms with E-state index in [1.807, 2.05) is 0 Å². The molecule has 0 aromatic carbocycles. The molecule has 0 saturated heterocycles. The summed E-state index contributed by atoms with van der Waals surface area (Å²) in [5.74, 6) is -0.959. The van der Waals surface area contributed by atoms with E-state index in [4.69, 9.17) is 16.2 Å². The van der Waals surface area contributed by atoms with E-state index in [1.54, 1.807) is 6.92 Å². The SMILES string of the molecule is CCC(SOC(=N)N)C(=O)O. The van der Waals surface area contributed by atoms with Gasteiger partial charge in [0.15, 0.2) is 0 Å². The second-order valence-corrected chi connectivity index (χ2v) is 2.71. The average Bonchev–Trinajstić information content (AvgIpc) is 1.87. The van der Waals surface area contributed by atoms with Crippen molar-refractivity contribution in [2.75, 3.05) is 0 Å². The van der Waals surface area contributed by atoms with E-state index in [9.17, 15) is 4.79 Å². The van der Waals surface area contributed by atoms with Crippen molar-refractivity contribution < 1.29 is 14.1 Å². The molecule has 0 amide bonds. The normalized spacial score (nSPS) is 12.1. The zero-order chi connectivity index (χ0) is 8.85. The van der Waals surface area contributed by atoms with E-state index in [1.165, 1.54) is 0 Å². The van der Waals surface area contributed by atoms with Gasteiger partial charge in [-0.2, -0.15) is 0 Å². The molecule has 1 atom stereocenters. The van der Waals surface area contributed by atoms with Gasteiger partial charge in [0.2, 0.25) is 0 Å². The lowest BCUT2D eigenvalue weighted by Crippen LogP contribution is -2.19. The third kappa shape index (κ3) is 4.49. The minimum Gasteiger partial charge on any atom is -0.480 e. The highest BCUT2D eigenvalue weighted by Gasteiger charge is 2.17. The molecule has 0 aromatic rings. The van der Waals surface area contributed by atoms with E-state index in [0.29, 0.717) is 18.5 Å². The summed E-state index contributed by atoms with van der Waals surface area (Å²) < 4.78 is 4.45. The third-order valence-electron chi connectivity index (χ3n) is 0.900. The lowest BCUT2D eigenvalue weighted by atomic mass is 10.3. The second kappa shape index (κ2) is 4.84. The summed E-state index contributed by atoms with van der Waals surface area (Å²) in [4.78, 5) is 10.3. The Morgan fingerprint density at radius 1 is 1.91 bits per heavy atom. The number of hydrogen-bond acceptors (Lipinski definition) is 4. The first-order chi connectivity index (χ1) is 5.07. The Morgan fingerprint density at radius 3 is 2.73 bits per heavy atom. The Bertz CT molecular complexity index is 162. The van der Waals surface area contributed by atoms with Gasteiger partial charge in [0.25, 0.3) is 6.02 Å². The summed E-state index contributed by atoms with van der Waals surface area (Å²) in [6.07, 6.45) is 0.438. The van der Waals surface area contributed by atoms with Crippen LogP contribution in [0, 0.1) is 5.41 Å². The van der Waals surface area contributed by atoms with Gasteiger partial charge in [0.05, 0.1) is 12.0 Å². The van der Waals surface area contributed by atoms with E-state index < -0.39 is 17.2 Å². The smallest absolute Gasteiger partial charge is 0.320 e. The number of amidine groups is 1. The van der Waals surface area contributed by atoms with Crippen molar-refractivity contribution in [1.29, 1.82) is 5.41 Å². The van der Waals surface area contributed by atoms with Gasteiger partial charge in [-0.3, -0.25) is 10.2 Å². The molecule has 4 N–H and O–H groups in total. The maximum atomic E-state index is 10.3. The van der Waals surface area contributed by atoms with E-state index in [0.717, 1.165) is 0 Å². The van der Waals surface area contributed by atoms with Crippen molar-refractivity contribution in [3.05, 3.63) is 0 Å². The van der Waals surface area contributed by atoms with Crippen LogP contribution in [0.1, 0.15) is 13.3 Å². The molecule has 0 saturated carbocycles. The van der Waals surface area contributed by atoms with Crippen LogP contribution in [0.25, 0.3) is 0 Å². The molecule has 0 radical (unpaired) electrons. The summed E-state index contributed by atoms with van der Waals surface area (Å²) in [5.41, 5.74) is 4.84. The molecule has 0 rings (SSSR count). The lowest BCUT2D eigenvalue weighted by molar-refractivity contribution is -0.136. The van der Waals surface area contributed by atoms with Crippen molar-refractivity contribution in [3.8, 4) is 0 Å². The topological polar surface area (TPSA) is 96.4 Å². The molecule has 11 heavy (non-hydrogen) atoms. The van der Waals surface area contributed by atoms with Gasteiger partial charge >= 0.3 is 5.97 Å². The van der Waals surface area contributed by atoms with Gasteiger partial charge in [-0.25, -0.2) is 0 Å². The number of aliphatic carboxylic acids is 1. The Balaban J connectivity index is 3.70. The molecular formula is C5H10N2O3S. The second-order valence-electron chi connectivity index (χ2n) is 1.78. The number of carbonyl (C=O) groups is 1. The number of rotatable bonds is 4. The molecule has 0 bridgehead atoms. The number of carboxylic acids is 1. The zero-order valence-corrected chi connectivity index (χ0v) is 6.85. The number of nitrogens with two attached hydrogens (primary N) is 1. The summed E-state index contributed by atoms with van der Waals surface area (Å²) in [5, 5.41) is 14.5. The fourth-order valence-electron chi connectivity index (χ4n) is 0.394. The van der Waals surface area contributed by atoms with Crippen LogP contribution in [-0.4, -0.2) is 22.3 Å². The highest BCUT2D eigenvalue weighted by Crippen LogP contribution is 2.15. The highest BCUT2D eigenvalue weighted by molar-refractivity contribution is 7.96. The predicted molar refractivity (Wildman–Crippen MR) is 42.3 cm³/mol. The fraction of sp³-hybridized carbons (Fsp3) is 0.600. The van der Waals surface area contributed by atoms with Crippen LogP contribution in [0.15, 0.2) is 0 Å². The fourth-order valence-corrected chi connectivity index (χ4v) is 0.832. The first-order valence-electron chi connectivity index (χ1n) is 2.98. The summed E-state index contributed by atoms with van der Waals surface area (Å²) in [6, 6.07) is -0.477. The minimum absolute atomic E-state index is 0.438. The van der Waals surface area contributed by atoms with Crippen LogP contribution < -0.4 is 5.73 Å². The van der Waals surface area contributed by atoms with Gasteiger partial charge in [0, 0.05) is 0 Å². The van der Waals surface area contributed by atoms with Crippen molar-refractivity contribution in [2.45, 2.75) is 18.6 Å². The van der Waals surface area contributed by atoms with Crippen molar-refractivity contribution in [3.63, 3.8) is 0 Å². The largest absolute Gasteiger partial charge is 0.480 e. The molecule has 0 aliphatic rings. The molecule has 0 aliphatic carbocycles. The maximum Gasteiger partial charge on any atom is 0.320 e. The third-order valence-corrected chi connectivity index (χ3v) is 1.94. The molecule has 5 nitrogen and oxygen atoms in total. The van der Waals surface area contributed by atoms with Crippen LogP contribution >= 0.6 is 12.0 Å². The highest BCUT2D eigenvalue weighted by atomic mass is 32.2. The molecule has 0 heterocycles. The van der Waals surface area contributed by atoms with E-state index in [-0.39, 0.29) is 0 Å². The van der Waals surface area contributed by atoms with Gasteiger partial charge in [-0.05, 0) is 6.42 Å². The standard InChI is InChI=1S/C5H10N2O3S/c1-2-3(4(8)9)11-10-5(6)7/h3H,2H2,1H3,(H3,6,7)(H,8,9). The monoisotopic (exact) mass is 178 g/mol. The van der Waals surface area contributed by atoms with Gasteiger partial charge < -0.3 is 15.0 Å². The molecule has 1 unspecified atom stereocenters. The Hall–Kier alpha value is -0.910. The first kappa shape index (κ1) is 10.1. The quantitative estimate of drug-likeness (QED) is 0.329. The Kier molecular flexibility index (Phi) is 4.44. The molecule has 6 heteroatoms. The van der Waals surface area contributed by atoms with Crippen LogP contribution in [0.4, 0.5) is 0 Å². The van der Waals surface area contributed by atoms with Crippen molar-refractivity contribution in [1.82, 2.24) is 0 Å². The lowest BCUT2D eigenvalue weighted by Gasteiger charge is -2.06. The van der Waals surface area contributed by atoms with Crippen LogP contribution in [-0.2, 0) is 8.98 Å². The number of carboxylic acid groups (broad SMARTS) is 1. The summed E-state index contributed by atoms with van der Waals surface area (Å²) in [7, 11) is 0. The van der Waals surface area contributed by atoms with Crippen LogP contribution in [0.3, 0.4) is 0 Å². The molecular weight excluding hydrogens is 168 g/mol. The molecule has 64 valence electrons. The first-order valence-corrected chi connectivity index (χ1v) is 3.78. The Morgan fingerprint density at radius 2 is 2.45 bits per heavy atom. The van der Waals surface area contributed by atoms with Crippen LogP contribution in [0.2, 0.25) is 0 Å². The van der Waals surface area contributed by atoms with Gasteiger partial charge in [0.1, 0.15) is 5.25 Å². The molecule has 0 spiro atoms. The Labute approximate surface area is 68.6 Å².